The average Bonchev–Trinajstić information content (AvgIpc) is 3.34. The molecule has 44 heavy (non-hydrogen) atoms. The topological polar surface area (TPSA) is 6.48 Å². The van der Waals surface area contributed by atoms with Crippen molar-refractivity contribution in [3.63, 3.8) is 0 Å². The average molecular weight is 567 g/mol. The Morgan fingerprint density at radius 3 is 1.89 bits per heavy atom. The van der Waals surface area contributed by atoms with Crippen molar-refractivity contribution < 1.29 is 0 Å². The largest absolute Gasteiger partial charge is 0.333 e. The van der Waals surface area contributed by atoms with Gasteiger partial charge in [-0.15, -0.1) is 0 Å². The van der Waals surface area contributed by atoms with Gasteiger partial charge in [0, 0.05) is 17.1 Å². The van der Waals surface area contributed by atoms with Crippen molar-refractivity contribution in [1.82, 2.24) is 0 Å². The second-order valence-electron chi connectivity index (χ2n) is 11.6. The van der Waals surface area contributed by atoms with E-state index in [-0.39, 0.29) is 6.04 Å². The molecular weight excluding hydrogens is 532 g/mol. The van der Waals surface area contributed by atoms with Crippen molar-refractivity contribution in [1.29, 1.82) is 0 Å². The number of fused-ring (bicyclic) bond motifs is 4. The third kappa shape index (κ3) is 4.79. The van der Waals surface area contributed by atoms with Gasteiger partial charge in [-0.05, 0) is 89.1 Å². The van der Waals surface area contributed by atoms with Crippen LogP contribution in [0.2, 0.25) is 0 Å². The molecule has 0 radical (unpaired) electrons. The Labute approximate surface area is 260 Å². The van der Waals surface area contributed by atoms with Gasteiger partial charge in [0.1, 0.15) is 0 Å². The second kappa shape index (κ2) is 11.4. The Balaban J connectivity index is 1.12. The van der Waals surface area contributed by atoms with Gasteiger partial charge in [0.05, 0.1) is 17.4 Å². The summed E-state index contributed by atoms with van der Waals surface area (Å²) in [6.07, 6.45) is 28.2. The van der Waals surface area contributed by atoms with Crippen LogP contribution in [0.15, 0.2) is 157 Å². The van der Waals surface area contributed by atoms with Gasteiger partial charge in [-0.25, -0.2) is 0 Å². The molecule has 0 amide bonds. The maximum absolute atomic E-state index is 2.55. The Hall–Kier alpha value is -5.34. The number of rotatable bonds is 3. The van der Waals surface area contributed by atoms with Gasteiger partial charge < -0.3 is 9.80 Å². The van der Waals surface area contributed by atoms with E-state index in [1.807, 2.05) is 0 Å². The third-order valence-corrected chi connectivity index (χ3v) is 8.98. The Morgan fingerprint density at radius 1 is 0.545 bits per heavy atom. The first kappa shape index (κ1) is 26.3. The first-order valence-electron chi connectivity index (χ1n) is 15.6. The van der Waals surface area contributed by atoms with Crippen LogP contribution < -0.4 is 9.80 Å². The monoisotopic (exact) mass is 566 g/mol. The number of benzene rings is 4. The molecule has 4 aliphatic rings. The standard InChI is InChI=1S/C42H34N2/c1-6-16-37(43-39-17-7-2-12-33(39)21-22-34-13-3-8-18-40(34)43)28-25-31(11-1)32-26-29-38(30-27-32)44-41-19-9-4-14-35(41)23-24-36-15-5-10-20-42(36)44/h2-5,7-17,19-30,40H,1,6,18H2/b28-25-,31-11-,37-16+. The van der Waals surface area contributed by atoms with Crippen molar-refractivity contribution in [2.45, 2.75) is 25.3 Å². The molecule has 1 unspecified atom stereocenters. The van der Waals surface area contributed by atoms with Crippen LogP contribution in [0.3, 0.4) is 0 Å². The summed E-state index contributed by atoms with van der Waals surface area (Å²) in [5, 5.41) is 0. The maximum Gasteiger partial charge on any atom is 0.0626 e. The van der Waals surface area contributed by atoms with E-state index < -0.39 is 0 Å². The van der Waals surface area contributed by atoms with Crippen LogP contribution in [0.25, 0.3) is 23.8 Å². The molecule has 212 valence electrons. The van der Waals surface area contributed by atoms with E-state index in [2.05, 4.69) is 174 Å². The van der Waals surface area contributed by atoms with Crippen molar-refractivity contribution >= 4 is 46.6 Å². The molecule has 2 nitrogen and oxygen atoms in total. The lowest BCUT2D eigenvalue weighted by Crippen LogP contribution is -2.35. The lowest BCUT2D eigenvalue weighted by Gasteiger charge is -2.36. The van der Waals surface area contributed by atoms with Gasteiger partial charge in [0.2, 0.25) is 0 Å². The van der Waals surface area contributed by atoms with Gasteiger partial charge in [-0.3, -0.25) is 0 Å². The normalized spacial score (nSPS) is 21.5. The van der Waals surface area contributed by atoms with Gasteiger partial charge in [-0.1, -0.05) is 127 Å². The molecule has 4 aromatic rings. The smallest absolute Gasteiger partial charge is 0.0626 e. The van der Waals surface area contributed by atoms with E-state index in [9.17, 15) is 0 Å². The summed E-state index contributed by atoms with van der Waals surface area (Å²) in [6.45, 7) is 0. The van der Waals surface area contributed by atoms with Gasteiger partial charge in [-0.2, -0.15) is 0 Å². The summed E-state index contributed by atoms with van der Waals surface area (Å²) in [5.74, 6) is 0. The lowest BCUT2D eigenvalue weighted by atomic mass is 9.95. The fourth-order valence-electron chi connectivity index (χ4n) is 6.80. The van der Waals surface area contributed by atoms with E-state index >= 15 is 0 Å². The van der Waals surface area contributed by atoms with Crippen molar-refractivity contribution in [3.05, 3.63) is 179 Å². The summed E-state index contributed by atoms with van der Waals surface area (Å²) in [5.41, 5.74) is 13.6. The molecule has 2 heterocycles. The Morgan fingerprint density at radius 2 is 1.16 bits per heavy atom. The molecule has 0 N–H and O–H groups in total. The molecule has 2 heteroatoms. The summed E-state index contributed by atoms with van der Waals surface area (Å²) in [6, 6.07) is 35.4. The molecule has 0 aromatic heterocycles. The van der Waals surface area contributed by atoms with Crippen LogP contribution in [0.5, 0.6) is 0 Å². The number of allylic oxidation sites excluding steroid dienone is 7. The molecule has 2 aliphatic heterocycles. The molecule has 0 fully saturated rings. The molecular formula is C42H34N2. The molecule has 8 rings (SSSR count). The summed E-state index contributed by atoms with van der Waals surface area (Å²) in [7, 11) is 0. The fraction of sp³-hybridized carbons (Fsp3) is 0.0952. The number of hydrogen-bond donors (Lipinski definition) is 0. The first-order chi connectivity index (χ1) is 21.8. The zero-order chi connectivity index (χ0) is 29.3. The van der Waals surface area contributed by atoms with Crippen LogP contribution in [-0.4, -0.2) is 6.04 Å². The number of hydrogen-bond acceptors (Lipinski definition) is 2. The summed E-state index contributed by atoms with van der Waals surface area (Å²) < 4.78 is 0. The Kier molecular flexibility index (Phi) is 6.81. The highest BCUT2D eigenvalue weighted by atomic mass is 15.2. The first-order valence-corrected chi connectivity index (χ1v) is 15.6. The molecule has 4 aromatic carbocycles. The van der Waals surface area contributed by atoms with E-state index in [0.29, 0.717) is 0 Å². The number of anilines is 4. The van der Waals surface area contributed by atoms with Crippen LogP contribution in [0.1, 0.15) is 41.5 Å². The van der Waals surface area contributed by atoms with Gasteiger partial charge in [0.15, 0.2) is 0 Å². The zero-order valence-electron chi connectivity index (χ0n) is 24.7. The summed E-state index contributed by atoms with van der Waals surface area (Å²) >= 11 is 0. The predicted molar refractivity (Wildman–Crippen MR) is 188 cm³/mol. The molecule has 2 aliphatic carbocycles. The van der Waals surface area contributed by atoms with E-state index in [4.69, 9.17) is 0 Å². The summed E-state index contributed by atoms with van der Waals surface area (Å²) in [4.78, 5) is 4.93. The predicted octanol–water partition coefficient (Wildman–Crippen LogP) is 11.0. The maximum atomic E-state index is 2.55. The van der Waals surface area contributed by atoms with Crippen LogP contribution in [-0.2, 0) is 0 Å². The van der Waals surface area contributed by atoms with Crippen molar-refractivity contribution in [2.75, 3.05) is 9.80 Å². The highest BCUT2D eigenvalue weighted by Crippen LogP contribution is 2.42. The van der Waals surface area contributed by atoms with E-state index in [0.717, 1.165) is 24.9 Å². The van der Waals surface area contributed by atoms with Crippen molar-refractivity contribution in [3.8, 4) is 0 Å². The minimum absolute atomic E-state index is 0.288. The SMILES string of the molecule is C1=CCC2C(=C1)C=Cc1ccccc1N2C1=C/CC/C=C(c2ccc(N3c4ccccc4C=Cc4ccccc43)cc2)/C=C\1. The van der Waals surface area contributed by atoms with E-state index in [1.54, 1.807) is 0 Å². The molecule has 0 spiro atoms. The molecule has 0 saturated heterocycles. The zero-order valence-corrected chi connectivity index (χ0v) is 24.7. The van der Waals surface area contributed by atoms with Crippen LogP contribution >= 0.6 is 0 Å². The quantitative estimate of drug-likeness (QED) is 0.214. The molecule has 0 saturated carbocycles. The van der Waals surface area contributed by atoms with Crippen molar-refractivity contribution in [2.24, 2.45) is 0 Å². The number of para-hydroxylation sites is 3. The second-order valence-corrected chi connectivity index (χ2v) is 11.6. The van der Waals surface area contributed by atoms with E-state index in [1.165, 1.54) is 56.2 Å². The Bertz CT molecular complexity index is 1890. The minimum atomic E-state index is 0.288. The third-order valence-electron chi connectivity index (χ3n) is 8.98. The molecule has 1 atom stereocenters. The number of nitrogens with zero attached hydrogens (tertiary/aromatic N) is 2. The van der Waals surface area contributed by atoms with Gasteiger partial charge >= 0.3 is 0 Å². The van der Waals surface area contributed by atoms with Crippen LogP contribution in [0, 0.1) is 0 Å². The lowest BCUT2D eigenvalue weighted by molar-refractivity contribution is 0.736. The highest BCUT2D eigenvalue weighted by Gasteiger charge is 2.28. The fourth-order valence-corrected chi connectivity index (χ4v) is 6.80. The highest BCUT2D eigenvalue weighted by molar-refractivity contribution is 5.93. The van der Waals surface area contributed by atoms with Crippen LogP contribution in [0.4, 0.5) is 22.7 Å². The van der Waals surface area contributed by atoms with Gasteiger partial charge in [0.25, 0.3) is 0 Å². The molecule has 0 bridgehead atoms. The minimum Gasteiger partial charge on any atom is -0.333 e.